The maximum atomic E-state index is 12.2. The predicted octanol–water partition coefficient (Wildman–Crippen LogP) is 1.46. The molecule has 0 radical (unpaired) electrons. The molecule has 1 N–H and O–H groups in total. The van der Waals surface area contributed by atoms with E-state index in [-0.39, 0.29) is 11.9 Å². The van der Waals surface area contributed by atoms with Crippen molar-refractivity contribution in [3.8, 4) is 0 Å². The van der Waals surface area contributed by atoms with E-state index in [4.69, 9.17) is 4.74 Å². The molecule has 1 saturated carbocycles. The highest BCUT2D eigenvalue weighted by Gasteiger charge is 2.32. The third-order valence-electron chi connectivity index (χ3n) is 3.72. The van der Waals surface area contributed by atoms with Crippen molar-refractivity contribution in [1.29, 1.82) is 0 Å². The number of amides is 1. The molecule has 1 atom stereocenters. The van der Waals surface area contributed by atoms with Crippen LogP contribution in [0.15, 0.2) is 10.7 Å². The van der Waals surface area contributed by atoms with Gasteiger partial charge in [0.2, 0.25) is 5.91 Å². The third-order valence-corrected chi connectivity index (χ3v) is 4.12. The number of rotatable bonds is 4. The van der Waals surface area contributed by atoms with Gasteiger partial charge in [0.1, 0.15) is 22.3 Å². The third kappa shape index (κ3) is 3.35. The molecular weight excluding hydrogens is 336 g/mol. The van der Waals surface area contributed by atoms with Crippen LogP contribution < -0.4 is 10.2 Å². The second-order valence-electron chi connectivity index (χ2n) is 5.36. The molecule has 6 nitrogen and oxygen atoms in total. The SMILES string of the molecule is CCNC(=O)C1COCCN1c1cc(Br)nc(C2CC2)n1. The van der Waals surface area contributed by atoms with Gasteiger partial charge in [-0.3, -0.25) is 4.79 Å². The lowest BCUT2D eigenvalue weighted by Gasteiger charge is -2.35. The van der Waals surface area contributed by atoms with E-state index in [0.717, 1.165) is 29.1 Å². The van der Waals surface area contributed by atoms with E-state index < -0.39 is 0 Å². The van der Waals surface area contributed by atoms with Gasteiger partial charge in [0.05, 0.1) is 13.2 Å². The fraction of sp³-hybridized carbons (Fsp3) is 0.643. The molecule has 2 aliphatic rings. The second kappa shape index (κ2) is 6.27. The molecule has 3 rings (SSSR count). The van der Waals surface area contributed by atoms with E-state index in [9.17, 15) is 4.79 Å². The summed E-state index contributed by atoms with van der Waals surface area (Å²) in [6.45, 7) is 4.19. The van der Waals surface area contributed by atoms with Gasteiger partial charge in [0, 0.05) is 25.1 Å². The number of halogens is 1. The summed E-state index contributed by atoms with van der Waals surface area (Å²) in [6.07, 6.45) is 2.30. The lowest BCUT2D eigenvalue weighted by atomic mass is 10.2. The molecular formula is C14H19BrN4O2. The molecule has 0 spiro atoms. The smallest absolute Gasteiger partial charge is 0.245 e. The van der Waals surface area contributed by atoms with Crippen LogP contribution in [-0.4, -0.2) is 48.2 Å². The van der Waals surface area contributed by atoms with E-state index in [2.05, 4.69) is 31.2 Å². The Morgan fingerprint density at radius 2 is 2.33 bits per heavy atom. The van der Waals surface area contributed by atoms with Gasteiger partial charge in [-0.2, -0.15) is 0 Å². The summed E-state index contributed by atoms with van der Waals surface area (Å²) in [5, 5.41) is 2.86. The molecule has 1 saturated heterocycles. The lowest BCUT2D eigenvalue weighted by Crippen LogP contribution is -2.54. The highest BCUT2D eigenvalue weighted by Crippen LogP contribution is 2.39. The number of aromatic nitrogens is 2. The van der Waals surface area contributed by atoms with E-state index in [1.54, 1.807) is 0 Å². The zero-order valence-corrected chi connectivity index (χ0v) is 13.6. The average Bonchev–Trinajstić information content (AvgIpc) is 3.31. The van der Waals surface area contributed by atoms with Crippen molar-refractivity contribution in [3.63, 3.8) is 0 Å². The maximum absolute atomic E-state index is 12.2. The first-order valence-corrected chi connectivity index (χ1v) is 8.15. The van der Waals surface area contributed by atoms with Crippen LogP contribution >= 0.6 is 15.9 Å². The molecule has 114 valence electrons. The zero-order chi connectivity index (χ0) is 14.8. The summed E-state index contributed by atoms with van der Waals surface area (Å²) in [7, 11) is 0. The van der Waals surface area contributed by atoms with Gasteiger partial charge in [-0.05, 0) is 35.7 Å². The normalized spacial score (nSPS) is 22.2. The van der Waals surface area contributed by atoms with Crippen LogP contribution in [0.4, 0.5) is 5.82 Å². The van der Waals surface area contributed by atoms with Gasteiger partial charge in [0.15, 0.2) is 0 Å². The van der Waals surface area contributed by atoms with Crippen LogP contribution in [0.25, 0.3) is 0 Å². The van der Waals surface area contributed by atoms with Gasteiger partial charge in [-0.1, -0.05) is 0 Å². The number of hydrogen-bond acceptors (Lipinski definition) is 5. The van der Waals surface area contributed by atoms with Gasteiger partial charge < -0.3 is 15.0 Å². The molecule has 7 heteroatoms. The highest BCUT2D eigenvalue weighted by molar-refractivity contribution is 9.10. The van der Waals surface area contributed by atoms with Gasteiger partial charge >= 0.3 is 0 Å². The summed E-state index contributed by atoms with van der Waals surface area (Å²) in [6, 6.07) is 1.55. The van der Waals surface area contributed by atoms with Crippen molar-refractivity contribution < 1.29 is 9.53 Å². The zero-order valence-electron chi connectivity index (χ0n) is 12.0. The Morgan fingerprint density at radius 3 is 3.05 bits per heavy atom. The topological polar surface area (TPSA) is 67.3 Å². The molecule has 1 amide bonds. The molecule has 2 heterocycles. The number of ether oxygens (including phenoxy) is 1. The molecule has 1 aliphatic carbocycles. The minimum absolute atomic E-state index is 0.0140. The van der Waals surface area contributed by atoms with Crippen LogP contribution in [0.3, 0.4) is 0 Å². The molecule has 1 unspecified atom stereocenters. The fourth-order valence-corrected chi connectivity index (χ4v) is 2.87. The summed E-state index contributed by atoms with van der Waals surface area (Å²) in [5.74, 6) is 2.14. The van der Waals surface area contributed by atoms with Crippen LogP contribution in [-0.2, 0) is 9.53 Å². The van der Waals surface area contributed by atoms with E-state index >= 15 is 0 Å². The minimum Gasteiger partial charge on any atom is -0.377 e. The van der Waals surface area contributed by atoms with Crippen molar-refractivity contribution in [3.05, 3.63) is 16.5 Å². The summed E-state index contributed by atoms with van der Waals surface area (Å²) in [5.41, 5.74) is 0. The number of anilines is 1. The molecule has 1 aromatic rings. The van der Waals surface area contributed by atoms with Crippen molar-refractivity contribution in [2.24, 2.45) is 0 Å². The van der Waals surface area contributed by atoms with Crippen LogP contribution in [0.2, 0.25) is 0 Å². The van der Waals surface area contributed by atoms with Gasteiger partial charge in [-0.25, -0.2) is 9.97 Å². The number of nitrogens with one attached hydrogen (secondary N) is 1. The molecule has 21 heavy (non-hydrogen) atoms. The number of morpholine rings is 1. The number of likely N-dealkylation sites (N-methyl/N-ethyl adjacent to an activating group) is 1. The van der Waals surface area contributed by atoms with E-state index in [0.29, 0.717) is 32.2 Å². The lowest BCUT2D eigenvalue weighted by molar-refractivity contribution is -0.124. The van der Waals surface area contributed by atoms with Crippen molar-refractivity contribution in [2.45, 2.75) is 31.7 Å². The Labute approximate surface area is 132 Å². The van der Waals surface area contributed by atoms with Crippen molar-refractivity contribution in [1.82, 2.24) is 15.3 Å². The Bertz CT molecular complexity index is 536. The number of carbonyl (C=O) groups excluding carboxylic acids is 1. The first kappa shape index (κ1) is 14.7. The Hall–Kier alpha value is -1.21. The van der Waals surface area contributed by atoms with Gasteiger partial charge in [-0.15, -0.1) is 0 Å². The Morgan fingerprint density at radius 1 is 1.52 bits per heavy atom. The Kier molecular flexibility index (Phi) is 4.40. The predicted molar refractivity (Wildman–Crippen MR) is 82.3 cm³/mol. The fourth-order valence-electron chi connectivity index (χ4n) is 2.48. The summed E-state index contributed by atoms with van der Waals surface area (Å²) >= 11 is 3.45. The summed E-state index contributed by atoms with van der Waals surface area (Å²) in [4.78, 5) is 23.3. The number of nitrogens with zero attached hydrogens (tertiary/aromatic N) is 3. The van der Waals surface area contributed by atoms with Crippen LogP contribution in [0.1, 0.15) is 31.5 Å². The first-order valence-electron chi connectivity index (χ1n) is 7.35. The monoisotopic (exact) mass is 354 g/mol. The van der Waals surface area contributed by atoms with Crippen LogP contribution in [0.5, 0.6) is 0 Å². The van der Waals surface area contributed by atoms with E-state index in [1.807, 2.05) is 17.9 Å². The average molecular weight is 355 g/mol. The molecule has 2 fully saturated rings. The van der Waals surface area contributed by atoms with Crippen molar-refractivity contribution in [2.75, 3.05) is 31.2 Å². The summed E-state index contributed by atoms with van der Waals surface area (Å²) < 4.78 is 6.24. The second-order valence-corrected chi connectivity index (χ2v) is 6.17. The number of hydrogen-bond donors (Lipinski definition) is 1. The first-order chi connectivity index (χ1) is 10.2. The van der Waals surface area contributed by atoms with Gasteiger partial charge in [0.25, 0.3) is 0 Å². The highest BCUT2D eigenvalue weighted by atomic mass is 79.9. The number of carbonyl (C=O) groups is 1. The van der Waals surface area contributed by atoms with E-state index in [1.165, 1.54) is 0 Å². The maximum Gasteiger partial charge on any atom is 0.245 e. The molecule has 0 bridgehead atoms. The standard InChI is InChI=1S/C14H19BrN4O2/c1-2-16-14(20)10-8-21-6-5-19(10)12-7-11(15)17-13(18-12)9-3-4-9/h7,9-10H,2-6,8H2,1H3,(H,16,20). The molecule has 1 aromatic heterocycles. The quantitative estimate of drug-likeness (QED) is 0.829. The minimum atomic E-state index is -0.326. The molecule has 1 aliphatic heterocycles. The largest absolute Gasteiger partial charge is 0.377 e. The van der Waals surface area contributed by atoms with Crippen LogP contribution in [0, 0.1) is 0 Å². The Balaban J connectivity index is 1.87. The molecule has 0 aromatic carbocycles. The van der Waals surface area contributed by atoms with Crippen molar-refractivity contribution >= 4 is 27.7 Å².